The third-order valence-electron chi connectivity index (χ3n) is 4.39. The first-order chi connectivity index (χ1) is 13.1. The number of benzene rings is 2. The molecule has 142 valence electrons. The van der Waals surface area contributed by atoms with E-state index >= 15 is 0 Å². The Morgan fingerprint density at radius 3 is 2.37 bits per heavy atom. The average molecular weight is 367 g/mol. The van der Waals surface area contributed by atoms with E-state index in [4.69, 9.17) is 4.74 Å². The minimum Gasteiger partial charge on any atom is -0.492 e. The van der Waals surface area contributed by atoms with Gasteiger partial charge in [0.1, 0.15) is 18.9 Å². The molecule has 0 atom stereocenters. The van der Waals surface area contributed by atoms with Crippen molar-refractivity contribution >= 4 is 16.9 Å². The second-order valence-electron chi connectivity index (χ2n) is 6.52. The molecule has 3 aromatic rings. The molecular formula is C21H25N3O3. The van der Waals surface area contributed by atoms with E-state index in [2.05, 4.69) is 5.32 Å². The van der Waals surface area contributed by atoms with Crippen molar-refractivity contribution in [3.63, 3.8) is 0 Å². The molecule has 1 amide bonds. The van der Waals surface area contributed by atoms with Gasteiger partial charge in [0.2, 0.25) is 5.91 Å². The molecule has 0 fully saturated rings. The van der Waals surface area contributed by atoms with Crippen LogP contribution in [0.15, 0.2) is 53.3 Å². The molecule has 0 aliphatic carbocycles. The number of hydrogen-bond acceptors (Lipinski definition) is 3. The molecule has 1 aromatic heterocycles. The number of fused-ring (bicyclic) bond motifs is 1. The predicted molar refractivity (Wildman–Crippen MR) is 106 cm³/mol. The van der Waals surface area contributed by atoms with Crippen molar-refractivity contribution in [3.8, 4) is 5.75 Å². The second-order valence-corrected chi connectivity index (χ2v) is 6.52. The summed E-state index contributed by atoms with van der Waals surface area (Å²) in [6.07, 6.45) is 0.858. The van der Waals surface area contributed by atoms with Gasteiger partial charge in [0.25, 0.3) is 0 Å². The van der Waals surface area contributed by atoms with Gasteiger partial charge >= 0.3 is 5.69 Å². The molecule has 1 N–H and O–H groups in total. The maximum Gasteiger partial charge on any atom is 0.329 e. The lowest BCUT2D eigenvalue weighted by atomic mass is 10.2. The van der Waals surface area contributed by atoms with E-state index in [0.717, 1.165) is 23.2 Å². The van der Waals surface area contributed by atoms with Gasteiger partial charge in [0.15, 0.2) is 0 Å². The summed E-state index contributed by atoms with van der Waals surface area (Å²) in [5, 5.41) is 2.81. The number of rotatable bonds is 8. The number of hydrogen-bond donors (Lipinski definition) is 1. The number of nitrogens with one attached hydrogen (secondary N) is 1. The number of para-hydroxylation sites is 2. The molecule has 0 saturated carbocycles. The Balaban J connectivity index is 1.60. The highest BCUT2D eigenvalue weighted by atomic mass is 16.5. The molecule has 0 spiro atoms. The molecular weight excluding hydrogens is 342 g/mol. The maximum atomic E-state index is 12.7. The van der Waals surface area contributed by atoms with Gasteiger partial charge in [-0.1, -0.05) is 36.8 Å². The van der Waals surface area contributed by atoms with Gasteiger partial charge in [-0.05, 0) is 37.6 Å². The fourth-order valence-corrected chi connectivity index (χ4v) is 3.06. The molecule has 0 radical (unpaired) electrons. The zero-order valence-electron chi connectivity index (χ0n) is 15.8. The minimum atomic E-state index is -0.205. The van der Waals surface area contributed by atoms with Crippen LogP contribution in [-0.2, 0) is 17.9 Å². The first-order valence-electron chi connectivity index (χ1n) is 9.24. The topological polar surface area (TPSA) is 65.3 Å². The molecule has 2 aromatic carbocycles. The molecule has 0 aliphatic rings. The number of imidazole rings is 1. The Labute approximate surface area is 158 Å². The fourth-order valence-electron chi connectivity index (χ4n) is 3.06. The van der Waals surface area contributed by atoms with E-state index < -0.39 is 0 Å². The third-order valence-corrected chi connectivity index (χ3v) is 4.39. The highest BCUT2D eigenvalue weighted by molar-refractivity contribution is 5.80. The van der Waals surface area contributed by atoms with Crippen LogP contribution in [0.25, 0.3) is 11.0 Å². The van der Waals surface area contributed by atoms with E-state index in [0.29, 0.717) is 19.7 Å². The number of aryl methyl sites for hydroxylation is 2. The zero-order valence-corrected chi connectivity index (χ0v) is 15.8. The Morgan fingerprint density at radius 2 is 1.70 bits per heavy atom. The average Bonchev–Trinajstić information content (AvgIpc) is 2.93. The maximum absolute atomic E-state index is 12.7. The number of ether oxygens (including phenoxy) is 1. The van der Waals surface area contributed by atoms with E-state index in [9.17, 15) is 9.59 Å². The molecule has 1 heterocycles. The van der Waals surface area contributed by atoms with Crippen LogP contribution in [0.3, 0.4) is 0 Å². The Hall–Kier alpha value is -3.02. The highest BCUT2D eigenvalue weighted by Crippen LogP contribution is 2.13. The smallest absolute Gasteiger partial charge is 0.329 e. The van der Waals surface area contributed by atoms with Crippen molar-refractivity contribution in [1.82, 2.24) is 14.5 Å². The van der Waals surface area contributed by atoms with Crippen LogP contribution in [0.4, 0.5) is 0 Å². The van der Waals surface area contributed by atoms with Gasteiger partial charge < -0.3 is 10.1 Å². The number of carbonyl (C=O) groups is 1. The van der Waals surface area contributed by atoms with Gasteiger partial charge in [-0.25, -0.2) is 4.79 Å². The number of carbonyl (C=O) groups excluding carboxylic acids is 1. The lowest BCUT2D eigenvalue weighted by molar-refractivity contribution is -0.121. The second kappa shape index (κ2) is 8.58. The van der Waals surface area contributed by atoms with Gasteiger partial charge in [-0.15, -0.1) is 0 Å². The quantitative estimate of drug-likeness (QED) is 0.623. The number of amides is 1. The van der Waals surface area contributed by atoms with Crippen molar-refractivity contribution in [1.29, 1.82) is 0 Å². The monoisotopic (exact) mass is 367 g/mol. The molecule has 27 heavy (non-hydrogen) atoms. The van der Waals surface area contributed by atoms with Gasteiger partial charge in [-0.2, -0.15) is 0 Å². The van der Waals surface area contributed by atoms with Crippen LogP contribution in [0.2, 0.25) is 0 Å². The fraction of sp³-hybridized carbons (Fsp3) is 0.333. The molecule has 6 heteroatoms. The number of nitrogens with zero attached hydrogens (tertiary/aromatic N) is 2. The summed E-state index contributed by atoms with van der Waals surface area (Å²) in [6.45, 7) is 5.44. The molecule has 0 unspecified atom stereocenters. The Kier molecular flexibility index (Phi) is 5.96. The summed E-state index contributed by atoms with van der Waals surface area (Å²) in [5.74, 6) is 0.567. The van der Waals surface area contributed by atoms with Crippen LogP contribution >= 0.6 is 0 Å². The molecule has 3 rings (SSSR count). The third kappa shape index (κ3) is 4.39. The summed E-state index contributed by atoms with van der Waals surface area (Å²) in [6, 6.07) is 15.3. The summed E-state index contributed by atoms with van der Waals surface area (Å²) in [5.41, 5.74) is 2.66. The van der Waals surface area contributed by atoms with Gasteiger partial charge in [0, 0.05) is 6.54 Å². The lowest BCUT2D eigenvalue weighted by Crippen LogP contribution is -2.35. The molecule has 0 saturated heterocycles. The van der Waals surface area contributed by atoms with Crippen molar-refractivity contribution in [3.05, 3.63) is 64.6 Å². The van der Waals surface area contributed by atoms with E-state index in [1.165, 1.54) is 10.1 Å². The minimum absolute atomic E-state index is 0.000588. The van der Waals surface area contributed by atoms with Crippen LogP contribution in [0, 0.1) is 6.92 Å². The SMILES string of the molecule is CCCn1c(=O)n(CC(=O)NCCOc2ccc(C)cc2)c2ccccc21. The molecule has 0 aliphatic heterocycles. The van der Waals surface area contributed by atoms with Crippen LogP contribution in [0.1, 0.15) is 18.9 Å². The first kappa shape index (κ1) is 18.8. The van der Waals surface area contributed by atoms with E-state index in [1.807, 2.05) is 62.4 Å². The van der Waals surface area contributed by atoms with E-state index in [1.54, 1.807) is 4.57 Å². The summed E-state index contributed by atoms with van der Waals surface area (Å²) in [4.78, 5) is 25.0. The number of aromatic nitrogens is 2. The Bertz CT molecular complexity index is 970. The van der Waals surface area contributed by atoms with Crippen LogP contribution < -0.4 is 15.7 Å². The Morgan fingerprint density at radius 1 is 1.04 bits per heavy atom. The van der Waals surface area contributed by atoms with Gasteiger partial charge in [0.05, 0.1) is 17.6 Å². The lowest BCUT2D eigenvalue weighted by Gasteiger charge is -2.08. The first-order valence-corrected chi connectivity index (χ1v) is 9.24. The largest absolute Gasteiger partial charge is 0.492 e. The molecule has 6 nitrogen and oxygen atoms in total. The van der Waals surface area contributed by atoms with Crippen molar-refractivity contribution in [2.24, 2.45) is 0 Å². The highest BCUT2D eigenvalue weighted by Gasteiger charge is 2.14. The van der Waals surface area contributed by atoms with Crippen molar-refractivity contribution < 1.29 is 9.53 Å². The zero-order chi connectivity index (χ0) is 19.2. The normalized spacial score (nSPS) is 10.9. The summed E-state index contributed by atoms with van der Waals surface area (Å²) < 4.78 is 8.86. The van der Waals surface area contributed by atoms with Crippen LogP contribution in [-0.4, -0.2) is 28.2 Å². The van der Waals surface area contributed by atoms with Crippen LogP contribution in [0.5, 0.6) is 5.75 Å². The van der Waals surface area contributed by atoms with Crippen molar-refractivity contribution in [2.75, 3.05) is 13.2 Å². The molecule has 0 bridgehead atoms. The summed E-state index contributed by atoms with van der Waals surface area (Å²) in [7, 11) is 0. The standard InChI is InChI=1S/C21H25N3O3/c1-3-13-23-18-6-4-5-7-19(18)24(21(23)26)15-20(25)22-12-14-27-17-10-8-16(2)9-11-17/h4-11H,3,12-15H2,1-2H3,(H,22,25). The predicted octanol–water partition coefficient (Wildman–Crippen LogP) is 2.72. The van der Waals surface area contributed by atoms with E-state index in [-0.39, 0.29) is 18.1 Å². The van der Waals surface area contributed by atoms with Crippen molar-refractivity contribution in [2.45, 2.75) is 33.4 Å². The van der Waals surface area contributed by atoms with Gasteiger partial charge in [-0.3, -0.25) is 13.9 Å². The summed E-state index contributed by atoms with van der Waals surface area (Å²) >= 11 is 0.